The Morgan fingerprint density at radius 2 is 1.88 bits per heavy atom. The molecular weight excluding hydrogens is 226 g/mol. The number of hydrogen-bond donors (Lipinski definition) is 1. The second kappa shape index (κ2) is 4.37. The standard InChI is InChI=1S/C12H10F2N2O/c1-7-4-9(13)10(14)5-11(7)17-12-3-2-8(15)6-16-12/h2-6H,15H2,1H3. The van der Waals surface area contributed by atoms with Crippen LogP contribution in [0.25, 0.3) is 0 Å². The SMILES string of the molecule is Cc1cc(F)c(F)cc1Oc1ccc(N)cn1. The molecule has 0 aliphatic rings. The van der Waals surface area contributed by atoms with Gasteiger partial charge in [-0.05, 0) is 24.6 Å². The molecule has 1 aromatic carbocycles. The number of anilines is 1. The van der Waals surface area contributed by atoms with Gasteiger partial charge in [0, 0.05) is 12.1 Å². The van der Waals surface area contributed by atoms with Crippen LogP contribution >= 0.6 is 0 Å². The summed E-state index contributed by atoms with van der Waals surface area (Å²) in [6, 6.07) is 5.22. The molecule has 2 aromatic rings. The number of halogens is 2. The number of ether oxygens (including phenoxy) is 1. The second-order valence-corrected chi connectivity index (χ2v) is 3.56. The Morgan fingerprint density at radius 3 is 2.53 bits per heavy atom. The minimum Gasteiger partial charge on any atom is -0.439 e. The minimum absolute atomic E-state index is 0.223. The highest BCUT2D eigenvalue weighted by molar-refractivity contribution is 5.39. The lowest BCUT2D eigenvalue weighted by Crippen LogP contribution is -1.94. The van der Waals surface area contributed by atoms with Crippen LogP contribution in [0.1, 0.15) is 5.56 Å². The van der Waals surface area contributed by atoms with E-state index in [0.717, 1.165) is 12.1 Å². The number of aromatic nitrogens is 1. The van der Waals surface area contributed by atoms with Gasteiger partial charge in [0.25, 0.3) is 0 Å². The average molecular weight is 236 g/mol. The topological polar surface area (TPSA) is 48.1 Å². The second-order valence-electron chi connectivity index (χ2n) is 3.56. The lowest BCUT2D eigenvalue weighted by Gasteiger charge is -2.08. The molecule has 0 bridgehead atoms. The summed E-state index contributed by atoms with van der Waals surface area (Å²) in [6.45, 7) is 1.62. The molecule has 0 unspecified atom stereocenters. The van der Waals surface area contributed by atoms with Gasteiger partial charge in [-0.25, -0.2) is 13.8 Å². The van der Waals surface area contributed by atoms with E-state index < -0.39 is 11.6 Å². The van der Waals surface area contributed by atoms with Crippen molar-refractivity contribution in [3.63, 3.8) is 0 Å². The van der Waals surface area contributed by atoms with Crippen LogP contribution in [0, 0.1) is 18.6 Å². The van der Waals surface area contributed by atoms with Crippen LogP contribution in [0.4, 0.5) is 14.5 Å². The molecule has 5 heteroatoms. The van der Waals surface area contributed by atoms with Gasteiger partial charge in [0.15, 0.2) is 11.6 Å². The van der Waals surface area contributed by atoms with Crippen molar-refractivity contribution in [3.8, 4) is 11.6 Å². The molecule has 0 radical (unpaired) electrons. The maximum absolute atomic E-state index is 13.0. The number of nitrogen functional groups attached to an aromatic ring is 1. The highest BCUT2D eigenvalue weighted by Crippen LogP contribution is 2.26. The van der Waals surface area contributed by atoms with E-state index in [9.17, 15) is 8.78 Å². The fourth-order valence-electron chi connectivity index (χ4n) is 1.30. The molecule has 0 spiro atoms. The van der Waals surface area contributed by atoms with E-state index in [0.29, 0.717) is 11.3 Å². The Kier molecular flexibility index (Phi) is 2.91. The normalized spacial score (nSPS) is 10.3. The molecule has 17 heavy (non-hydrogen) atoms. The van der Waals surface area contributed by atoms with Crippen molar-refractivity contribution in [2.45, 2.75) is 6.92 Å². The Labute approximate surface area is 96.9 Å². The lowest BCUT2D eigenvalue weighted by atomic mass is 10.2. The Bertz CT molecular complexity index is 541. The monoisotopic (exact) mass is 236 g/mol. The molecule has 2 rings (SSSR count). The minimum atomic E-state index is -0.957. The summed E-state index contributed by atoms with van der Waals surface area (Å²) >= 11 is 0. The number of rotatable bonds is 2. The van der Waals surface area contributed by atoms with Gasteiger partial charge in [0.1, 0.15) is 5.75 Å². The smallest absolute Gasteiger partial charge is 0.219 e. The molecule has 0 atom stereocenters. The van der Waals surface area contributed by atoms with E-state index in [1.165, 1.54) is 6.20 Å². The maximum Gasteiger partial charge on any atom is 0.219 e. The highest BCUT2D eigenvalue weighted by Gasteiger charge is 2.09. The van der Waals surface area contributed by atoms with Crippen molar-refractivity contribution >= 4 is 5.69 Å². The summed E-state index contributed by atoms with van der Waals surface area (Å²) in [7, 11) is 0. The first kappa shape index (κ1) is 11.3. The van der Waals surface area contributed by atoms with Crippen LogP contribution in [-0.2, 0) is 0 Å². The molecule has 0 saturated heterocycles. The molecule has 2 N–H and O–H groups in total. The van der Waals surface area contributed by atoms with E-state index in [2.05, 4.69) is 4.98 Å². The van der Waals surface area contributed by atoms with E-state index in [4.69, 9.17) is 10.5 Å². The number of nitrogens with two attached hydrogens (primary N) is 1. The van der Waals surface area contributed by atoms with Crippen LogP contribution in [0.2, 0.25) is 0 Å². The zero-order valence-corrected chi connectivity index (χ0v) is 9.08. The molecule has 1 aromatic heterocycles. The number of nitrogens with zero attached hydrogens (tertiary/aromatic N) is 1. The van der Waals surface area contributed by atoms with Gasteiger partial charge in [0.05, 0.1) is 11.9 Å². The van der Waals surface area contributed by atoms with Crippen LogP contribution in [0.15, 0.2) is 30.5 Å². The number of benzene rings is 1. The summed E-state index contributed by atoms with van der Waals surface area (Å²) in [4.78, 5) is 3.90. The molecule has 0 aliphatic carbocycles. The Balaban J connectivity index is 2.30. The lowest BCUT2D eigenvalue weighted by molar-refractivity contribution is 0.444. The zero-order chi connectivity index (χ0) is 12.4. The van der Waals surface area contributed by atoms with E-state index >= 15 is 0 Å². The molecule has 0 fully saturated rings. The van der Waals surface area contributed by atoms with Gasteiger partial charge in [-0.15, -0.1) is 0 Å². The van der Waals surface area contributed by atoms with Crippen molar-refractivity contribution in [1.29, 1.82) is 0 Å². The highest BCUT2D eigenvalue weighted by atomic mass is 19.2. The fraction of sp³-hybridized carbons (Fsp3) is 0.0833. The van der Waals surface area contributed by atoms with Crippen LogP contribution in [0.5, 0.6) is 11.6 Å². The third-order valence-corrected chi connectivity index (χ3v) is 2.19. The van der Waals surface area contributed by atoms with Crippen molar-refractivity contribution in [1.82, 2.24) is 4.98 Å². The summed E-state index contributed by atoms with van der Waals surface area (Å²) in [6.07, 6.45) is 1.42. The molecule has 88 valence electrons. The predicted molar refractivity (Wildman–Crippen MR) is 59.8 cm³/mol. The third-order valence-electron chi connectivity index (χ3n) is 2.19. The molecule has 0 aliphatic heterocycles. The summed E-state index contributed by atoms with van der Waals surface area (Å²) < 4.78 is 31.2. The van der Waals surface area contributed by atoms with Gasteiger partial charge in [-0.1, -0.05) is 0 Å². The average Bonchev–Trinajstić information content (AvgIpc) is 2.29. The molecule has 1 heterocycles. The predicted octanol–water partition coefficient (Wildman–Crippen LogP) is 3.04. The van der Waals surface area contributed by atoms with Crippen molar-refractivity contribution < 1.29 is 13.5 Å². The fourth-order valence-corrected chi connectivity index (χ4v) is 1.30. The third kappa shape index (κ3) is 2.50. The summed E-state index contributed by atoms with van der Waals surface area (Å²) in [5.41, 5.74) is 6.45. The molecule has 3 nitrogen and oxygen atoms in total. The quantitative estimate of drug-likeness (QED) is 0.871. The van der Waals surface area contributed by atoms with Gasteiger partial charge in [-0.3, -0.25) is 0 Å². The largest absolute Gasteiger partial charge is 0.439 e. The van der Waals surface area contributed by atoms with Gasteiger partial charge in [0.2, 0.25) is 5.88 Å². The van der Waals surface area contributed by atoms with Gasteiger partial charge >= 0.3 is 0 Å². The summed E-state index contributed by atoms with van der Waals surface area (Å²) in [5, 5.41) is 0. The first-order valence-corrected chi connectivity index (χ1v) is 4.91. The van der Waals surface area contributed by atoms with Crippen LogP contribution in [0.3, 0.4) is 0 Å². The summed E-state index contributed by atoms with van der Waals surface area (Å²) in [5.74, 6) is -1.37. The van der Waals surface area contributed by atoms with E-state index in [1.54, 1.807) is 19.1 Å². The van der Waals surface area contributed by atoms with Crippen molar-refractivity contribution in [2.75, 3.05) is 5.73 Å². The first-order valence-electron chi connectivity index (χ1n) is 4.91. The molecule has 0 saturated carbocycles. The number of pyridine rings is 1. The van der Waals surface area contributed by atoms with Gasteiger partial charge in [-0.2, -0.15) is 0 Å². The molecule has 0 amide bonds. The van der Waals surface area contributed by atoms with Gasteiger partial charge < -0.3 is 10.5 Å². The van der Waals surface area contributed by atoms with E-state index in [1.807, 2.05) is 0 Å². The van der Waals surface area contributed by atoms with Crippen molar-refractivity contribution in [3.05, 3.63) is 47.7 Å². The zero-order valence-electron chi connectivity index (χ0n) is 9.08. The Morgan fingerprint density at radius 1 is 1.18 bits per heavy atom. The van der Waals surface area contributed by atoms with E-state index in [-0.39, 0.29) is 11.6 Å². The number of hydrogen-bond acceptors (Lipinski definition) is 3. The van der Waals surface area contributed by atoms with Crippen LogP contribution in [-0.4, -0.2) is 4.98 Å². The first-order chi connectivity index (χ1) is 8.06. The molecular formula is C12H10F2N2O. The van der Waals surface area contributed by atoms with Crippen LogP contribution < -0.4 is 10.5 Å². The van der Waals surface area contributed by atoms with Crippen molar-refractivity contribution in [2.24, 2.45) is 0 Å². The number of aryl methyl sites for hydroxylation is 1. The Hall–Kier alpha value is -2.17. The maximum atomic E-state index is 13.0.